The molecule has 1 atom stereocenters. The van der Waals surface area contributed by atoms with Crippen LogP contribution in [0.3, 0.4) is 0 Å². The zero-order valence-corrected chi connectivity index (χ0v) is 17.8. The van der Waals surface area contributed by atoms with Gasteiger partial charge in [-0.05, 0) is 36.8 Å². The molecule has 158 valence electrons. The number of aromatic hydroxyl groups is 1. The molecule has 0 saturated carbocycles. The second-order valence-corrected chi connectivity index (χ2v) is 6.58. The molecule has 0 aliphatic heterocycles. The van der Waals surface area contributed by atoms with E-state index in [9.17, 15) is 14.7 Å². The fourth-order valence-electron chi connectivity index (χ4n) is 2.69. The molecule has 0 spiro atoms. The second-order valence-electron chi connectivity index (χ2n) is 6.58. The largest absolute Gasteiger partial charge is 0.505 e. The number of benzene rings is 2. The fourth-order valence-corrected chi connectivity index (χ4v) is 2.69. The van der Waals surface area contributed by atoms with Crippen molar-refractivity contribution in [2.45, 2.75) is 34.1 Å². The van der Waals surface area contributed by atoms with Crippen molar-refractivity contribution in [2.75, 3.05) is 6.54 Å². The van der Waals surface area contributed by atoms with E-state index in [1.807, 2.05) is 58.0 Å². The van der Waals surface area contributed by atoms with E-state index in [-0.39, 0.29) is 29.7 Å². The first-order valence-electron chi connectivity index (χ1n) is 10.1. The number of ether oxygens (including phenoxy) is 1. The maximum absolute atomic E-state index is 12.3. The molecule has 0 radical (unpaired) electrons. The highest BCUT2D eigenvalue weighted by molar-refractivity contribution is 6.02. The number of ketones is 1. The quantitative estimate of drug-likeness (QED) is 0.567. The topological polar surface area (TPSA) is 88.5 Å². The Morgan fingerprint density at radius 2 is 1.80 bits per heavy atom. The minimum Gasteiger partial charge on any atom is -0.505 e. The smallest absolute Gasteiger partial charge is 0.274 e. The van der Waals surface area contributed by atoms with Crippen molar-refractivity contribution in [1.82, 2.24) is 10.3 Å². The Labute approximate surface area is 176 Å². The summed E-state index contributed by atoms with van der Waals surface area (Å²) in [5.41, 5.74) is -0.110. The molecule has 30 heavy (non-hydrogen) atoms. The van der Waals surface area contributed by atoms with Crippen LogP contribution in [0.15, 0.2) is 54.7 Å². The molecule has 1 unspecified atom stereocenters. The van der Waals surface area contributed by atoms with Gasteiger partial charge >= 0.3 is 0 Å². The van der Waals surface area contributed by atoms with E-state index >= 15 is 0 Å². The van der Waals surface area contributed by atoms with Gasteiger partial charge in [0, 0.05) is 22.9 Å². The summed E-state index contributed by atoms with van der Waals surface area (Å²) in [6, 6.07) is 14.5. The lowest BCUT2D eigenvalue weighted by Crippen LogP contribution is -2.32. The van der Waals surface area contributed by atoms with Crippen molar-refractivity contribution >= 4 is 22.5 Å². The third-order valence-electron chi connectivity index (χ3n) is 4.61. The number of fused-ring (bicyclic) bond motifs is 1. The minimum atomic E-state index is -0.583. The third-order valence-corrected chi connectivity index (χ3v) is 4.61. The van der Waals surface area contributed by atoms with Crippen LogP contribution in [-0.2, 0) is 4.79 Å². The van der Waals surface area contributed by atoms with Crippen molar-refractivity contribution < 1.29 is 19.4 Å². The molecule has 6 heteroatoms. The second kappa shape index (κ2) is 11.0. The standard InChI is InChI=1S/C22H22N2O4.C2H6/c1-3-14(2)19(25)13-24-22(27)20-21(26)18-10-9-17(11-15(18)12-23-20)28-16-7-5-4-6-8-16;1-2/h4-12,14,26H,3,13H2,1-2H3,(H,24,27);1-2H3. The number of para-hydroxylation sites is 1. The molecule has 6 nitrogen and oxygen atoms in total. The zero-order valence-electron chi connectivity index (χ0n) is 17.8. The predicted octanol–water partition coefficient (Wildman–Crippen LogP) is 5.10. The van der Waals surface area contributed by atoms with Gasteiger partial charge in [0.2, 0.25) is 0 Å². The van der Waals surface area contributed by atoms with Gasteiger partial charge in [-0.15, -0.1) is 0 Å². The molecule has 3 aromatic rings. The van der Waals surface area contributed by atoms with Crippen LogP contribution in [0, 0.1) is 5.92 Å². The Morgan fingerprint density at radius 1 is 1.10 bits per heavy atom. The summed E-state index contributed by atoms with van der Waals surface area (Å²) in [6.45, 7) is 7.64. The first-order valence-corrected chi connectivity index (χ1v) is 10.1. The fraction of sp³-hybridized carbons (Fsp3) is 0.292. The molecule has 2 aromatic carbocycles. The van der Waals surface area contributed by atoms with Crippen LogP contribution in [0.25, 0.3) is 10.8 Å². The van der Waals surface area contributed by atoms with Crippen LogP contribution in [0.1, 0.15) is 44.6 Å². The van der Waals surface area contributed by atoms with E-state index in [1.165, 1.54) is 6.20 Å². The van der Waals surface area contributed by atoms with Crippen LogP contribution < -0.4 is 10.1 Å². The van der Waals surface area contributed by atoms with Gasteiger partial charge in [0.05, 0.1) is 6.54 Å². The normalized spacial score (nSPS) is 11.2. The number of aromatic nitrogens is 1. The summed E-state index contributed by atoms with van der Waals surface area (Å²) in [6.07, 6.45) is 2.21. The van der Waals surface area contributed by atoms with Crippen LogP contribution in [0.4, 0.5) is 0 Å². The number of nitrogens with zero attached hydrogens (tertiary/aromatic N) is 1. The molecule has 0 aliphatic carbocycles. The van der Waals surface area contributed by atoms with Crippen molar-refractivity contribution in [1.29, 1.82) is 0 Å². The summed E-state index contributed by atoms with van der Waals surface area (Å²) >= 11 is 0. The monoisotopic (exact) mass is 408 g/mol. The van der Waals surface area contributed by atoms with Gasteiger partial charge in [0.25, 0.3) is 5.91 Å². The molecule has 0 aliphatic rings. The van der Waals surface area contributed by atoms with Gasteiger partial charge in [-0.2, -0.15) is 0 Å². The number of nitrogens with one attached hydrogen (secondary N) is 1. The van der Waals surface area contributed by atoms with Gasteiger partial charge in [-0.1, -0.05) is 45.9 Å². The van der Waals surface area contributed by atoms with Gasteiger partial charge in [0.15, 0.2) is 17.2 Å². The number of Topliss-reactive ketones (excluding diaryl/α,β-unsaturated/α-hetero) is 1. The Morgan fingerprint density at radius 3 is 2.47 bits per heavy atom. The lowest BCUT2D eigenvalue weighted by Gasteiger charge is -2.11. The number of carbonyl (C=O) groups excluding carboxylic acids is 2. The number of rotatable bonds is 7. The Bertz CT molecular complexity index is 1000. The Balaban J connectivity index is 0.00000155. The SMILES string of the molecule is CC.CCC(C)C(=O)CNC(=O)c1ncc2cc(Oc3ccccc3)ccc2c1O. The van der Waals surface area contributed by atoms with Crippen molar-refractivity contribution in [3.8, 4) is 17.2 Å². The van der Waals surface area contributed by atoms with Crippen molar-refractivity contribution in [3.05, 3.63) is 60.4 Å². The molecule has 3 rings (SSSR count). The number of hydrogen-bond acceptors (Lipinski definition) is 5. The van der Waals surface area contributed by atoms with Gasteiger partial charge in [-0.3, -0.25) is 9.59 Å². The molecular formula is C24H28N2O4. The van der Waals surface area contributed by atoms with E-state index in [0.29, 0.717) is 28.7 Å². The van der Waals surface area contributed by atoms with Crippen LogP contribution in [-0.4, -0.2) is 28.3 Å². The van der Waals surface area contributed by atoms with Gasteiger partial charge in [-0.25, -0.2) is 4.98 Å². The molecule has 1 heterocycles. The molecule has 1 amide bonds. The lowest BCUT2D eigenvalue weighted by atomic mass is 10.0. The van der Waals surface area contributed by atoms with Crippen molar-refractivity contribution in [3.63, 3.8) is 0 Å². The van der Waals surface area contributed by atoms with E-state index in [1.54, 1.807) is 18.2 Å². The zero-order chi connectivity index (χ0) is 22.1. The van der Waals surface area contributed by atoms with E-state index in [4.69, 9.17) is 4.74 Å². The van der Waals surface area contributed by atoms with E-state index < -0.39 is 5.91 Å². The molecular weight excluding hydrogens is 380 g/mol. The Hall–Kier alpha value is -3.41. The highest BCUT2D eigenvalue weighted by Crippen LogP contribution is 2.31. The van der Waals surface area contributed by atoms with Crippen LogP contribution in [0.2, 0.25) is 0 Å². The lowest BCUT2D eigenvalue weighted by molar-refractivity contribution is -0.121. The Kier molecular flexibility index (Phi) is 8.35. The maximum atomic E-state index is 12.3. The number of amides is 1. The summed E-state index contributed by atoms with van der Waals surface area (Å²) in [7, 11) is 0. The average molecular weight is 408 g/mol. The first kappa shape index (κ1) is 22.9. The minimum absolute atomic E-state index is 0.0566. The summed E-state index contributed by atoms with van der Waals surface area (Å²) in [5, 5.41) is 14.1. The van der Waals surface area contributed by atoms with E-state index in [2.05, 4.69) is 10.3 Å². The summed E-state index contributed by atoms with van der Waals surface area (Å²) in [5.74, 6) is 0.301. The number of hydrogen-bond donors (Lipinski definition) is 2. The number of carbonyl (C=O) groups is 2. The first-order chi connectivity index (χ1) is 14.5. The van der Waals surface area contributed by atoms with Gasteiger partial charge < -0.3 is 15.2 Å². The maximum Gasteiger partial charge on any atom is 0.274 e. The third kappa shape index (κ3) is 5.56. The molecule has 2 N–H and O–H groups in total. The van der Waals surface area contributed by atoms with Crippen LogP contribution >= 0.6 is 0 Å². The summed E-state index contributed by atoms with van der Waals surface area (Å²) < 4.78 is 5.78. The summed E-state index contributed by atoms with van der Waals surface area (Å²) in [4.78, 5) is 28.3. The molecule has 0 bridgehead atoms. The highest BCUT2D eigenvalue weighted by atomic mass is 16.5. The molecule has 0 saturated heterocycles. The molecule has 0 fully saturated rings. The predicted molar refractivity (Wildman–Crippen MR) is 118 cm³/mol. The number of pyridine rings is 1. The van der Waals surface area contributed by atoms with Gasteiger partial charge in [0.1, 0.15) is 11.5 Å². The van der Waals surface area contributed by atoms with Crippen LogP contribution in [0.5, 0.6) is 17.2 Å². The average Bonchev–Trinajstić information content (AvgIpc) is 2.79. The van der Waals surface area contributed by atoms with E-state index in [0.717, 1.165) is 0 Å². The highest BCUT2D eigenvalue weighted by Gasteiger charge is 2.18. The molecule has 1 aromatic heterocycles. The van der Waals surface area contributed by atoms with Crippen molar-refractivity contribution in [2.24, 2.45) is 5.92 Å².